The summed E-state index contributed by atoms with van der Waals surface area (Å²) in [6.45, 7) is 6.55. The summed E-state index contributed by atoms with van der Waals surface area (Å²) < 4.78 is 0. The van der Waals surface area contributed by atoms with Gasteiger partial charge in [-0.05, 0) is 47.9 Å². The van der Waals surface area contributed by atoms with Crippen LogP contribution >= 0.6 is 0 Å². The van der Waals surface area contributed by atoms with E-state index in [2.05, 4.69) is 45.0 Å². The molecule has 0 bridgehead atoms. The Balaban J connectivity index is 1.44. The molecule has 1 aliphatic heterocycles. The van der Waals surface area contributed by atoms with E-state index in [1.807, 2.05) is 0 Å². The van der Waals surface area contributed by atoms with Crippen molar-refractivity contribution in [1.29, 1.82) is 0 Å². The third-order valence-corrected chi connectivity index (χ3v) is 4.87. The number of unbranched alkanes of at least 4 members (excludes halogenated alkanes) is 1. The lowest BCUT2D eigenvalue weighted by Gasteiger charge is -2.19. The summed E-state index contributed by atoms with van der Waals surface area (Å²) in [6.07, 6.45) is 2.48. The van der Waals surface area contributed by atoms with Gasteiger partial charge in [-0.25, -0.2) is 4.79 Å². The Morgan fingerprint density at radius 1 is 0.893 bits per heavy atom. The zero-order valence-electron chi connectivity index (χ0n) is 16.5. The van der Waals surface area contributed by atoms with Gasteiger partial charge in [-0.2, -0.15) is 0 Å². The molecule has 2 aromatic rings. The fraction of sp³-hybridized carbons (Fsp3) is 0.348. The Labute approximate surface area is 165 Å². The third-order valence-electron chi connectivity index (χ3n) is 4.87. The van der Waals surface area contributed by atoms with E-state index in [-0.39, 0.29) is 23.0 Å². The maximum absolute atomic E-state index is 12.2. The minimum atomic E-state index is -0.590. The molecule has 5 nitrogen and oxygen atoms in total. The van der Waals surface area contributed by atoms with E-state index in [9.17, 15) is 14.4 Å². The highest BCUT2D eigenvalue weighted by atomic mass is 16.7. The molecule has 0 atom stereocenters. The van der Waals surface area contributed by atoms with Crippen LogP contribution in [0.25, 0.3) is 0 Å². The minimum Gasteiger partial charge on any atom is -0.330 e. The number of hydrogen-bond acceptors (Lipinski definition) is 4. The van der Waals surface area contributed by atoms with E-state index in [0.29, 0.717) is 11.5 Å². The van der Waals surface area contributed by atoms with Crippen molar-refractivity contribution in [1.82, 2.24) is 5.06 Å². The second kappa shape index (κ2) is 7.97. The van der Waals surface area contributed by atoms with Crippen molar-refractivity contribution in [3.05, 3.63) is 70.8 Å². The highest BCUT2D eigenvalue weighted by molar-refractivity contribution is 6.20. The van der Waals surface area contributed by atoms with Crippen molar-refractivity contribution < 1.29 is 19.2 Å². The number of hydroxylamine groups is 2. The van der Waals surface area contributed by atoms with Crippen molar-refractivity contribution in [2.24, 2.45) is 0 Å². The molecule has 2 aromatic carbocycles. The lowest BCUT2D eigenvalue weighted by Crippen LogP contribution is -2.32. The SMILES string of the molecule is CC(C)(C)c1ccc(CCCCC(=O)ON2C(=O)c3ccccc3C2=O)cc1. The second-order valence-electron chi connectivity index (χ2n) is 8.07. The quantitative estimate of drug-likeness (QED) is 0.549. The standard InChI is InChI=1S/C23H25NO4/c1-23(2,3)17-14-12-16(13-15-17)8-4-7-11-20(25)28-24-21(26)18-9-5-6-10-19(18)22(24)27/h5-6,9-10,12-15H,4,7-8,11H2,1-3H3. The monoisotopic (exact) mass is 379 g/mol. The van der Waals surface area contributed by atoms with E-state index in [0.717, 1.165) is 12.8 Å². The van der Waals surface area contributed by atoms with Crippen LogP contribution in [0.5, 0.6) is 0 Å². The normalized spacial score (nSPS) is 13.6. The molecule has 0 unspecified atom stereocenters. The fourth-order valence-electron chi connectivity index (χ4n) is 3.17. The number of imide groups is 1. The van der Waals surface area contributed by atoms with Crippen molar-refractivity contribution in [2.75, 3.05) is 0 Å². The first-order chi connectivity index (χ1) is 13.3. The van der Waals surface area contributed by atoms with Gasteiger partial charge in [0.2, 0.25) is 0 Å². The smallest absolute Gasteiger partial charge is 0.330 e. The molecule has 28 heavy (non-hydrogen) atoms. The predicted octanol–water partition coefficient (Wildman–Crippen LogP) is 4.45. The summed E-state index contributed by atoms with van der Waals surface area (Å²) in [5.74, 6) is -1.75. The van der Waals surface area contributed by atoms with Gasteiger partial charge in [-0.15, -0.1) is 0 Å². The summed E-state index contributed by atoms with van der Waals surface area (Å²) in [5, 5.41) is 0.568. The number of aryl methyl sites for hydroxylation is 1. The predicted molar refractivity (Wildman–Crippen MR) is 106 cm³/mol. The molecule has 2 amide bonds. The van der Waals surface area contributed by atoms with Crippen LogP contribution in [0.1, 0.15) is 71.9 Å². The number of fused-ring (bicyclic) bond motifs is 1. The van der Waals surface area contributed by atoms with Gasteiger partial charge < -0.3 is 4.84 Å². The molecule has 0 radical (unpaired) electrons. The number of rotatable bonds is 6. The molecule has 0 saturated heterocycles. The zero-order chi connectivity index (χ0) is 20.3. The van der Waals surface area contributed by atoms with Gasteiger partial charge in [-0.3, -0.25) is 9.59 Å². The van der Waals surface area contributed by atoms with Gasteiger partial charge in [0.1, 0.15) is 0 Å². The average Bonchev–Trinajstić information content (AvgIpc) is 2.90. The van der Waals surface area contributed by atoms with Crippen molar-refractivity contribution >= 4 is 17.8 Å². The summed E-state index contributed by atoms with van der Waals surface area (Å²) in [7, 11) is 0. The molecule has 0 aliphatic carbocycles. The first-order valence-electron chi connectivity index (χ1n) is 9.55. The number of nitrogens with zero attached hydrogens (tertiary/aromatic N) is 1. The Kier molecular flexibility index (Phi) is 5.63. The van der Waals surface area contributed by atoms with Gasteiger partial charge in [0.15, 0.2) is 0 Å². The molecule has 0 N–H and O–H groups in total. The van der Waals surface area contributed by atoms with Crippen LogP contribution in [-0.2, 0) is 21.5 Å². The van der Waals surface area contributed by atoms with Crippen molar-refractivity contribution in [3.63, 3.8) is 0 Å². The lowest BCUT2D eigenvalue weighted by atomic mass is 9.86. The Morgan fingerprint density at radius 3 is 2.00 bits per heavy atom. The van der Waals surface area contributed by atoms with E-state index in [1.54, 1.807) is 24.3 Å². The number of amides is 2. The number of hydrogen-bond donors (Lipinski definition) is 0. The lowest BCUT2D eigenvalue weighted by molar-refractivity contribution is -0.168. The fourth-order valence-corrected chi connectivity index (χ4v) is 3.17. The van der Waals surface area contributed by atoms with Gasteiger partial charge in [-0.1, -0.05) is 62.2 Å². The first-order valence-corrected chi connectivity index (χ1v) is 9.55. The van der Waals surface area contributed by atoms with Crippen LogP contribution < -0.4 is 0 Å². The second-order valence-corrected chi connectivity index (χ2v) is 8.07. The van der Waals surface area contributed by atoms with Gasteiger partial charge >= 0.3 is 5.97 Å². The Hall–Kier alpha value is -2.95. The van der Waals surface area contributed by atoms with Gasteiger partial charge in [0, 0.05) is 6.42 Å². The summed E-state index contributed by atoms with van der Waals surface area (Å²) >= 11 is 0. The zero-order valence-corrected chi connectivity index (χ0v) is 16.5. The molecule has 0 saturated carbocycles. The topological polar surface area (TPSA) is 63.7 Å². The summed E-state index contributed by atoms with van der Waals surface area (Å²) in [4.78, 5) is 41.4. The minimum absolute atomic E-state index is 0.131. The highest BCUT2D eigenvalue weighted by Crippen LogP contribution is 2.24. The maximum Gasteiger partial charge on any atom is 0.333 e. The van der Waals surface area contributed by atoms with Crippen LogP contribution in [0.4, 0.5) is 0 Å². The van der Waals surface area contributed by atoms with Crippen LogP contribution in [0.3, 0.4) is 0 Å². The molecule has 1 heterocycles. The van der Waals surface area contributed by atoms with Crippen LogP contribution in [0, 0.1) is 0 Å². The largest absolute Gasteiger partial charge is 0.333 e. The number of carbonyl (C=O) groups is 3. The van der Waals surface area contributed by atoms with Gasteiger partial charge in [0.25, 0.3) is 11.8 Å². The molecule has 146 valence electrons. The number of carbonyl (C=O) groups excluding carboxylic acids is 3. The molecular weight excluding hydrogens is 354 g/mol. The van der Waals surface area contributed by atoms with Crippen LogP contribution in [0.15, 0.2) is 48.5 Å². The number of benzene rings is 2. The molecule has 1 aliphatic rings. The molecule has 5 heteroatoms. The van der Waals surface area contributed by atoms with E-state index in [4.69, 9.17) is 4.84 Å². The Morgan fingerprint density at radius 2 is 1.46 bits per heavy atom. The highest BCUT2D eigenvalue weighted by Gasteiger charge is 2.38. The molecular formula is C23H25NO4. The third kappa shape index (κ3) is 4.30. The average molecular weight is 379 g/mol. The summed E-state index contributed by atoms with van der Waals surface area (Å²) in [6, 6.07) is 15.0. The first kappa shape index (κ1) is 19.8. The Bertz CT molecular complexity index is 859. The molecule has 0 aromatic heterocycles. The summed E-state index contributed by atoms with van der Waals surface area (Å²) in [5.41, 5.74) is 3.17. The van der Waals surface area contributed by atoms with Crippen LogP contribution in [0.2, 0.25) is 0 Å². The van der Waals surface area contributed by atoms with E-state index in [1.165, 1.54) is 11.1 Å². The van der Waals surface area contributed by atoms with Gasteiger partial charge in [0.05, 0.1) is 11.1 Å². The van der Waals surface area contributed by atoms with Crippen LogP contribution in [-0.4, -0.2) is 22.8 Å². The van der Waals surface area contributed by atoms with Crippen molar-refractivity contribution in [2.45, 2.75) is 51.9 Å². The van der Waals surface area contributed by atoms with Crippen molar-refractivity contribution in [3.8, 4) is 0 Å². The van der Waals surface area contributed by atoms with E-state index >= 15 is 0 Å². The maximum atomic E-state index is 12.2. The molecule has 3 rings (SSSR count). The van der Waals surface area contributed by atoms with E-state index < -0.39 is 17.8 Å². The molecule has 0 spiro atoms. The molecule has 0 fully saturated rings.